The number of rotatable bonds is 28. The van der Waals surface area contributed by atoms with Gasteiger partial charge in [0.2, 0.25) is 11.9 Å². The fourth-order valence-electron chi connectivity index (χ4n) is 7.63. The van der Waals surface area contributed by atoms with Gasteiger partial charge in [0, 0.05) is 24.9 Å². The number of amides is 2. The average molecular weight is 1150 g/mol. The number of Topliss-reactive ketones (excluding diaryl/α,β-unsaturated/α-hetero) is 1. The number of carbonyl (C=O) groups excluding carboxylic acids is 5. The molecule has 20 heteroatoms. The molecule has 17 nitrogen and oxygen atoms in total. The summed E-state index contributed by atoms with van der Waals surface area (Å²) >= 11 is 13.8. The van der Waals surface area contributed by atoms with Crippen molar-refractivity contribution in [2.45, 2.75) is 106 Å². The molecule has 1 aliphatic heterocycles. The van der Waals surface area contributed by atoms with Gasteiger partial charge in [0.25, 0.3) is 11.8 Å². The van der Waals surface area contributed by atoms with Gasteiger partial charge in [-0.1, -0.05) is 132 Å². The van der Waals surface area contributed by atoms with Gasteiger partial charge in [-0.25, -0.2) is 19.4 Å². The van der Waals surface area contributed by atoms with E-state index in [1.165, 1.54) is 112 Å². The molecule has 1 aliphatic rings. The van der Waals surface area contributed by atoms with Crippen LogP contribution in [-0.2, 0) is 35.1 Å². The van der Waals surface area contributed by atoms with Crippen molar-refractivity contribution in [3.8, 4) is 11.5 Å². The molecule has 1 aromatic heterocycles. The Labute approximate surface area is 445 Å². The van der Waals surface area contributed by atoms with Crippen LogP contribution in [0.15, 0.2) is 96.1 Å². The molecule has 2 heterocycles. The third-order valence-corrected chi connectivity index (χ3v) is 13.7. The standard InChI is InChI=1S/C53H57Br2ClN6O11/c1-4-5-6-7-8-9-10-11-12-15-30-71-50(68)33(2)72-51(69)37-24-27-40(56)41(32-37)58-48(65)46(45(63)35-22-25-38(70-3)26-23-35)73-42-17-14-13-16-39(42)47(64)57-29-28-44-59-52-53(54,55)43(60-62(52)61-44)31-34-18-20-36(21-19-34)49(66)67/h13-14,16-27,32-33,46H,4-12,15,28-31H2,1-3H3,(H,57,64)(H,58,65)(H,66,67). The maximum atomic E-state index is 14.2. The van der Waals surface area contributed by atoms with E-state index in [9.17, 15) is 33.9 Å². The number of anilines is 1. The van der Waals surface area contributed by atoms with Crippen LogP contribution in [0.5, 0.6) is 11.5 Å². The van der Waals surface area contributed by atoms with E-state index in [4.69, 9.17) is 30.5 Å². The van der Waals surface area contributed by atoms with Crippen molar-refractivity contribution in [2.24, 2.45) is 5.10 Å². The number of hydrogen-bond donors (Lipinski definition) is 3. The number of unbranched alkanes of at least 4 members (excludes halogenated alkanes) is 9. The molecule has 0 spiro atoms. The molecule has 0 aliphatic carbocycles. The summed E-state index contributed by atoms with van der Waals surface area (Å²) in [6, 6.07) is 22.5. The second kappa shape index (κ2) is 27.0. The second-order valence-electron chi connectivity index (χ2n) is 17.2. The number of carboxylic acids is 1. The van der Waals surface area contributed by atoms with Crippen LogP contribution in [0.25, 0.3) is 0 Å². The zero-order chi connectivity index (χ0) is 52.5. The van der Waals surface area contributed by atoms with E-state index in [1.807, 2.05) is 0 Å². The molecule has 0 bridgehead atoms. The number of carbonyl (C=O) groups is 6. The summed E-state index contributed by atoms with van der Waals surface area (Å²) in [5, 5.41) is 23.7. The zero-order valence-corrected chi connectivity index (χ0v) is 44.6. The number of nitrogens with one attached hydrogen (secondary N) is 2. The molecule has 4 aromatic carbocycles. The number of methoxy groups -OCH3 is 1. The maximum absolute atomic E-state index is 14.2. The monoisotopic (exact) mass is 1150 g/mol. The number of nitrogens with zero attached hydrogens (tertiary/aromatic N) is 4. The van der Waals surface area contributed by atoms with Crippen molar-refractivity contribution < 1.29 is 52.8 Å². The van der Waals surface area contributed by atoms with Gasteiger partial charge in [-0.2, -0.15) is 5.10 Å². The first-order valence-electron chi connectivity index (χ1n) is 24.0. The lowest BCUT2D eigenvalue weighted by Crippen LogP contribution is -2.40. The Morgan fingerprint density at radius 1 is 0.822 bits per heavy atom. The molecule has 386 valence electrons. The van der Waals surface area contributed by atoms with Crippen molar-refractivity contribution in [2.75, 3.05) is 25.6 Å². The summed E-state index contributed by atoms with van der Waals surface area (Å²) in [6.07, 6.45) is 8.79. The average Bonchev–Trinajstić information content (AvgIpc) is 3.90. The normalized spacial score (nSPS) is 13.2. The molecular formula is C53H57Br2ClN6O11. The van der Waals surface area contributed by atoms with E-state index in [-0.39, 0.29) is 58.3 Å². The van der Waals surface area contributed by atoms with E-state index in [1.54, 1.807) is 36.4 Å². The summed E-state index contributed by atoms with van der Waals surface area (Å²) in [4.78, 5) is 85.3. The fraction of sp³-hybridized carbons (Fsp3) is 0.377. The number of ketones is 1. The minimum atomic E-state index is -1.89. The molecule has 3 N–H and O–H groups in total. The van der Waals surface area contributed by atoms with Gasteiger partial charge in [-0.3, -0.25) is 14.4 Å². The number of aromatic nitrogens is 3. The minimum Gasteiger partial charge on any atom is -0.497 e. The van der Waals surface area contributed by atoms with Gasteiger partial charge in [0.15, 0.2) is 21.0 Å². The SMILES string of the molecule is CCCCCCCCCCCCOC(=O)C(C)OC(=O)c1ccc(Cl)c(NC(=O)C(Oc2ccccc2C(=O)NCCc2nc3n(n2)N=C(Cc2ccc(C(=O)O)cc2)C3(Br)Br)C(=O)c2ccc(OC)cc2)c1. The van der Waals surface area contributed by atoms with E-state index in [0.29, 0.717) is 36.0 Å². The number of aromatic carboxylic acids is 1. The van der Waals surface area contributed by atoms with Gasteiger partial charge in [-0.05, 0) is 85.6 Å². The smallest absolute Gasteiger partial charge is 0.347 e. The summed E-state index contributed by atoms with van der Waals surface area (Å²) in [5.74, 6) is -3.75. The fourth-order valence-corrected chi connectivity index (χ4v) is 8.73. The van der Waals surface area contributed by atoms with Gasteiger partial charge in [0.1, 0.15) is 11.5 Å². The number of hydrogen-bond acceptors (Lipinski definition) is 13. The molecule has 0 saturated heterocycles. The van der Waals surface area contributed by atoms with Crippen molar-refractivity contribution in [1.82, 2.24) is 20.2 Å². The highest BCUT2D eigenvalue weighted by Gasteiger charge is 2.43. The molecule has 0 radical (unpaired) electrons. The van der Waals surface area contributed by atoms with E-state index in [2.05, 4.69) is 64.6 Å². The summed E-state index contributed by atoms with van der Waals surface area (Å²) < 4.78 is 21.2. The topological polar surface area (TPSA) is 227 Å². The predicted molar refractivity (Wildman–Crippen MR) is 281 cm³/mol. The molecule has 2 atom stereocenters. The first-order chi connectivity index (χ1) is 35.1. The van der Waals surface area contributed by atoms with E-state index < -0.39 is 50.9 Å². The van der Waals surface area contributed by atoms with Gasteiger partial charge < -0.3 is 34.7 Å². The molecule has 2 unspecified atom stereocenters. The zero-order valence-electron chi connectivity index (χ0n) is 40.7. The predicted octanol–water partition coefficient (Wildman–Crippen LogP) is 10.3. The lowest BCUT2D eigenvalue weighted by Gasteiger charge is -2.20. The van der Waals surface area contributed by atoms with Crippen LogP contribution >= 0.6 is 43.5 Å². The van der Waals surface area contributed by atoms with E-state index in [0.717, 1.165) is 24.8 Å². The second-order valence-corrected chi connectivity index (χ2v) is 21.1. The Bertz CT molecular complexity index is 2780. The first-order valence-corrected chi connectivity index (χ1v) is 26.0. The highest BCUT2D eigenvalue weighted by Crippen LogP contribution is 2.43. The highest BCUT2D eigenvalue weighted by atomic mass is 79.9. The quantitative estimate of drug-likeness (QED) is 0.0139. The molecule has 73 heavy (non-hydrogen) atoms. The van der Waals surface area contributed by atoms with Crippen molar-refractivity contribution in [3.05, 3.63) is 135 Å². The summed E-state index contributed by atoms with van der Waals surface area (Å²) in [5.41, 5.74) is 1.61. The molecule has 5 aromatic rings. The first kappa shape index (κ1) is 55.9. The molecule has 2 amide bonds. The Hall–Kier alpha value is -6.44. The number of benzene rings is 4. The van der Waals surface area contributed by atoms with Crippen LogP contribution in [0, 0.1) is 0 Å². The molecule has 0 saturated carbocycles. The van der Waals surface area contributed by atoms with Crippen molar-refractivity contribution >= 4 is 90.4 Å². The lowest BCUT2D eigenvalue weighted by atomic mass is 10.0. The van der Waals surface area contributed by atoms with Crippen LogP contribution in [0.2, 0.25) is 5.02 Å². The number of esters is 2. The third-order valence-electron chi connectivity index (χ3n) is 11.7. The lowest BCUT2D eigenvalue weighted by molar-refractivity contribution is -0.153. The third kappa shape index (κ3) is 15.5. The number of fused-ring (bicyclic) bond motifs is 1. The number of para-hydroxylation sites is 1. The largest absolute Gasteiger partial charge is 0.497 e. The summed E-state index contributed by atoms with van der Waals surface area (Å²) in [6.45, 7) is 3.89. The van der Waals surface area contributed by atoms with Gasteiger partial charge >= 0.3 is 17.9 Å². The Kier molecular flexibility index (Phi) is 20.7. The summed E-state index contributed by atoms with van der Waals surface area (Å²) in [7, 11) is 1.47. The van der Waals surface area contributed by atoms with Crippen molar-refractivity contribution in [1.29, 1.82) is 0 Å². The highest BCUT2D eigenvalue weighted by molar-refractivity contribution is 9.25. The molecule has 0 fully saturated rings. The Morgan fingerprint density at radius 3 is 2.12 bits per heavy atom. The van der Waals surface area contributed by atoms with Crippen LogP contribution in [0.3, 0.4) is 0 Å². The Morgan fingerprint density at radius 2 is 1.47 bits per heavy atom. The number of halogens is 3. The maximum Gasteiger partial charge on any atom is 0.347 e. The Balaban J connectivity index is 1.07. The van der Waals surface area contributed by atoms with E-state index >= 15 is 0 Å². The van der Waals surface area contributed by atoms with Crippen molar-refractivity contribution in [3.63, 3.8) is 0 Å². The minimum absolute atomic E-state index is 0.00704. The number of alkyl halides is 2. The van der Waals surface area contributed by atoms with Crippen LogP contribution in [0.4, 0.5) is 5.69 Å². The van der Waals surface area contributed by atoms with Crippen LogP contribution < -0.4 is 20.1 Å². The molecular weight excluding hydrogens is 1090 g/mol. The van der Waals surface area contributed by atoms with Crippen LogP contribution in [0.1, 0.15) is 137 Å². The molecule has 6 rings (SSSR count). The number of carboxylic acid groups (broad SMARTS) is 1. The van der Waals surface area contributed by atoms with Crippen LogP contribution in [-0.4, -0.2) is 93.7 Å². The van der Waals surface area contributed by atoms with Gasteiger partial charge in [0.05, 0.1) is 46.8 Å². The van der Waals surface area contributed by atoms with Gasteiger partial charge in [-0.15, -0.1) is 9.89 Å². The number of ether oxygens (including phenoxy) is 4.